The average molecular weight is 422 g/mol. The smallest absolute Gasteiger partial charge is 0.336 e. The molecule has 146 valence electrons. The number of halogens is 1. The highest BCUT2D eigenvalue weighted by Crippen LogP contribution is 2.33. The molecule has 0 fully saturated rings. The number of benzene rings is 2. The van der Waals surface area contributed by atoms with Gasteiger partial charge in [0.05, 0.1) is 24.6 Å². The van der Waals surface area contributed by atoms with Crippen molar-refractivity contribution in [2.45, 2.75) is 11.1 Å². The molecule has 0 spiro atoms. The van der Waals surface area contributed by atoms with E-state index in [1.807, 2.05) is 0 Å². The summed E-state index contributed by atoms with van der Waals surface area (Å²) in [6, 6.07) is 8.19. The van der Waals surface area contributed by atoms with Gasteiger partial charge < -0.3 is 9.84 Å². The van der Waals surface area contributed by atoms with E-state index in [-0.39, 0.29) is 21.2 Å². The molecule has 0 aliphatic heterocycles. The average Bonchev–Trinajstić information content (AvgIpc) is 3.13. The number of hydrogen-bond donors (Lipinski definition) is 2. The number of aryl methyl sites for hydroxylation is 1. The van der Waals surface area contributed by atoms with E-state index in [1.165, 1.54) is 49.7 Å². The van der Waals surface area contributed by atoms with Crippen molar-refractivity contribution in [3.05, 3.63) is 59.5 Å². The molecule has 1 heterocycles. The summed E-state index contributed by atoms with van der Waals surface area (Å²) in [5.41, 5.74) is 1.09. The van der Waals surface area contributed by atoms with Crippen LogP contribution < -0.4 is 9.46 Å². The first kappa shape index (κ1) is 19.8. The lowest BCUT2D eigenvalue weighted by Crippen LogP contribution is -2.13. The zero-order valence-corrected chi connectivity index (χ0v) is 16.4. The highest BCUT2D eigenvalue weighted by molar-refractivity contribution is 7.94. The lowest BCUT2D eigenvalue weighted by atomic mass is 10.1. The van der Waals surface area contributed by atoms with Crippen LogP contribution in [0.3, 0.4) is 0 Å². The summed E-state index contributed by atoms with van der Waals surface area (Å²) in [6.07, 6.45) is 1.21. The second kappa shape index (κ2) is 7.56. The molecule has 0 unspecified atom stereocenters. The van der Waals surface area contributed by atoms with Crippen LogP contribution in [0.25, 0.3) is 10.6 Å². The van der Waals surface area contributed by atoms with Crippen LogP contribution in [0.1, 0.15) is 15.9 Å². The van der Waals surface area contributed by atoms with E-state index in [4.69, 9.17) is 4.74 Å². The van der Waals surface area contributed by atoms with Gasteiger partial charge in [-0.15, -0.1) is 11.3 Å². The molecule has 0 amide bonds. The number of nitrogens with one attached hydrogen (secondary N) is 1. The minimum atomic E-state index is -3.99. The standard InChI is InChI=1S/C18H15FN2O5S2/c1-10-7-14(15(26-2)8-13(10)18(22)23)21-28(24,25)16-9-20-17(27-16)11-3-5-12(19)6-4-11/h3-9,21H,1-2H3,(H,22,23). The number of nitrogens with zero attached hydrogens (tertiary/aromatic N) is 1. The zero-order valence-electron chi connectivity index (χ0n) is 14.8. The maximum absolute atomic E-state index is 13.0. The highest BCUT2D eigenvalue weighted by Gasteiger charge is 2.22. The molecule has 0 aliphatic carbocycles. The molecule has 2 aromatic carbocycles. The Morgan fingerprint density at radius 1 is 1.25 bits per heavy atom. The number of carboxylic acid groups (broad SMARTS) is 1. The second-order valence-electron chi connectivity index (χ2n) is 5.77. The summed E-state index contributed by atoms with van der Waals surface area (Å²) in [5, 5.41) is 9.61. The fourth-order valence-corrected chi connectivity index (χ4v) is 4.67. The van der Waals surface area contributed by atoms with Gasteiger partial charge in [-0.1, -0.05) is 0 Å². The van der Waals surface area contributed by atoms with Gasteiger partial charge in [0.25, 0.3) is 10.0 Å². The summed E-state index contributed by atoms with van der Waals surface area (Å²) >= 11 is 0.925. The van der Waals surface area contributed by atoms with E-state index < -0.39 is 21.8 Å². The van der Waals surface area contributed by atoms with Crippen molar-refractivity contribution in [2.75, 3.05) is 11.8 Å². The molecule has 0 radical (unpaired) electrons. The van der Waals surface area contributed by atoms with Crippen LogP contribution in [0.5, 0.6) is 5.75 Å². The predicted octanol–water partition coefficient (Wildman–Crippen LogP) is 3.77. The van der Waals surface area contributed by atoms with Crippen LogP contribution in [0.4, 0.5) is 10.1 Å². The maximum atomic E-state index is 13.0. The van der Waals surface area contributed by atoms with Crippen LogP contribution >= 0.6 is 11.3 Å². The Morgan fingerprint density at radius 2 is 1.93 bits per heavy atom. The van der Waals surface area contributed by atoms with Crippen molar-refractivity contribution in [3.63, 3.8) is 0 Å². The Labute approximate surface area is 164 Å². The third kappa shape index (κ3) is 3.97. The van der Waals surface area contributed by atoms with Crippen LogP contribution in [-0.2, 0) is 10.0 Å². The minimum absolute atomic E-state index is 0.0104. The minimum Gasteiger partial charge on any atom is -0.495 e. The first-order valence-corrected chi connectivity index (χ1v) is 10.2. The molecule has 3 rings (SSSR count). The first-order valence-electron chi connectivity index (χ1n) is 7.88. The van der Waals surface area contributed by atoms with Gasteiger partial charge in [-0.25, -0.2) is 22.6 Å². The lowest BCUT2D eigenvalue weighted by molar-refractivity contribution is 0.0695. The lowest BCUT2D eigenvalue weighted by Gasteiger charge is -2.13. The van der Waals surface area contributed by atoms with E-state index in [2.05, 4.69) is 9.71 Å². The fourth-order valence-electron chi connectivity index (χ4n) is 2.47. The summed E-state index contributed by atoms with van der Waals surface area (Å²) in [5.74, 6) is -1.46. The molecule has 0 atom stereocenters. The normalized spacial score (nSPS) is 11.2. The summed E-state index contributed by atoms with van der Waals surface area (Å²) in [4.78, 5) is 15.3. The molecule has 0 bridgehead atoms. The number of carboxylic acids is 1. The van der Waals surface area contributed by atoms with Crippen molar-refractivity contribution in [3.8, 4) is 16.3 Å². The van der Waals surface area contributed by atoms with Gasteiger partial charge >= 0.3 is 5.97 Å². The quantitative estimate of drug-likeness (QED) is 0.627. The molecular formula is C18H15FN2O5S2. The van der Waals surface area contributed by atoms with Gasteiger partial charge in [0, 0.05) is 5.56 Å². The van der Waals surface area contributed by atoms with Crippen molar-refractivity contribution < 1.29 is 27.4 Å². The summed E-state index contributed by atoms with van der Waals surface area (Å²) in [7, 11) is -2.67. The molecule has 1 aromatic heterocycles. The van der Waals surface area contributed by atoms with Gasteiger partial charge in [-0.3, -0.25) is 4.72 Å². The number of hydrogen-bond acceptors (Lipinski definition) is 6. The SMILES string of the molecule is COc1cc(C(=O)O)c(C)cc1NS(=O)(=O)c1cnc(-c2ccc(F)cc2)s1. The number of methoxy groups -OCH3 is 1. The van der Waals surface area contributed by atoms with E-state index in [1.54, 1.807) is 6.92 Å². The number of carbonyl (C=O) groups is 1. The number of ether oxygens (including phenoxy) is 1. The number of aromatic nitrogens is 1. The van der Waals surface area contributed by atoms with Crippen molar-refractivity contribution >= 4 is 33.0 Å². The van der Waals surface area contributed by atoms with Crippen LogP contribution in [0.2, 0.25) is 0 Å². The molecule has 7 nitrogen and oxygen atoms in total. The van der Waals surface area contributed by atoms with Gasteiger partial charge in [0.1, 0.15) is 16.6 Å². The Morgan fingerprint density at radius 3 is 2.54 bits per heavy atom. The third-order valence-corrected chi connectivity index (χ3v) is 6.73. The Bertz CT molecular complexity index is 1140. The van der Waals surface area contributed by atoms with Crippen LogP contribution in [-0.4, -0.2) is 31.6 Å². The fraction of sp³-hybridized carbons (Fsp3) is 0.111. The number of aromatic carboxylic acids is 1. The van der Waals surface area contributed by atoms with E-state index in [0.717, 1.165) is 11.3 Å². The largest absolute Gasteiger partial charge is 0.495 e. The third-order valence-electron chi connectivity index (χ3n) is 3.86. The topological polar surface area (TPSA) is 106 Å². The number of sulfonamides is 1. The molecule has 0 saturated heterocycles. The van der Waals surface area contributed by atoms with Crippen molar-refractivity contribution in [1.29, 1.82) is 0 Å². The highest BCUT2D eigenvalue weighted by atomic mass is 32.2. The van der Waals surface area contributed by atoms with Crippen LogP contribution in [0.15, 0.2) is 46.8 Å². The summed E-state index contributed by atoms with van der Waals surface area (Å²) in [6.45, 7) is 1.56. The van der Waals surface area contributed by atoms with Crippen LogP contribution in [0, 0.1) is 12.7 Å². The summed E-state index contributed by atoms with van der Waals surface area (Å²) < 4.78 is 46.0. The predicted molar refractivity (Wildman–Crippen MR) is 103 cm³/mol. The zero-order chi connectivity index (χ0) is 20.5. The van der Waals surface area contributed by atoms with Gasteiger partial charge in [0.15, 0.2) is 4.21 Å². The molecule has 2 N–H and O–H groups in total. The molecule has 28 heavy (non-hydrogen) atoms. The molecule has 10 heteroatoms. The van der Waals surface area contributed by atoms with Gasteiger partial charge in [-0.05, 0) is 48.9 Å². The molecule has 0 saturated carbocycles. The van der Waals surface area contributed by atoms with Crippen molar-refractivity contribution in [1.82, 2.24) is 4.98 Å². The Kier molecular flexibility index (Phi) is 5.34. The number of anilines is 1. The van der Waals surface area contributed by atoms with E-state index in [9.17, 15) is 22.7 Å². The second-order valence-corrected chi connectivity index (χ2v) is 8.71. The number of rotatable bonds is 6. The van der Waals surface area contributed by atoms with Gasteiger partial charge in [-0.2, -0.15) is 0 Å². The maximum Gasteiger partial charge on any atom is 0.336 e. The monoisotopic (exact) mass is 422 g/mol. The van der Waals surface area contributed by atoms with Crippen molar-refractivity contribution in [2.24, 2.45) is 0 Å². The molecule has 3 aromatic rings. The van der Waals surface area contributed by atoms with E-state index in [0.29, 0.717) is 16.1 Å². The first-order chi connectivity index (χ1) is 13.2. The Hall–Kier alpha value is -2.98. The molecule has 0 aliphatic rings. The molecular weight excluding hydrogens is 407 g/mol. The number of thiazole rings is 1. The van der Waals surface area contributed by atoms with Gasteiger partial charge in [0.2, 0.25) is 0 Å². The Balaban J connectivity index is 1.93. The van der Waals surface area contributed by atoms with E-state index >= 15 is 0 Å².